The van der Waals surface area contributed by atoms with E-state index in [4.69, 9.17) is 0 Å². The number of aryl methyl sites for hydroxylation is 1. The minimum Gasteiger partial charge on any atom is -0.388 e. The summed E-state index contributed by atoms with van der Waals surface area (Å²) in [4.78, 5) is 44.4. The van der Waals surface area contributed by atoms with Gasteiger partial charge in [-0.15, -0.1) is 11.3 Å². The zero-order chi connectivity index (χ0) is 26.1. The zero-order valence-electron chi connectivity index (χ0n) is 20.7. The number of aliphatic hydroxyl groups excluding tert-OH is 1. The number of halogens is 1. The largest absolute Gasteiger partial charge is 0.388 e. The minimum absolute atomic E-state index is 0.350. The Bertz CT molecular complexity index is 1080. The first-order chi connectivity index (χ1) is 16.3. The van der Waals surface area contributed by atoms with Crippen LogP contribution in [0, 0.1) is 12.3 Å². The summed E-state index contributed by atoms with van der Waals surface area (Å²) in [5.74, 6) is -1.82. The monoisotopic (exact) mass is 505 g/mol. The van der Waals surface area contributed by atoms with Crippen LogP contribution in [0.25, 0.3) is 10.4 Å². The van der Waals surface area contributed by atoms with Crippen LogP contribution >= 0.6 is 11.3 Å². The third-order valence-electron chi connectivity index (χ3n) is 5.94. The van der Waals surface area contributed by atoms with Gasteiger partial charge < -0.3 is 15.3 Å². The molecular formula is C24H32FN5O4S. The molecule has 0 aliphatic carbocycles. The highest BCUT2D eigenvalue weighted by atomic mass is 32.1. The summed E-state index contributed by atoms with van der Waals surface area (Å²) in [5.41, 5.74) is 6.24. The molecule has 190 valence electrons. The van der Waals surface area contributed by atoms with E-state index in [1.807, 2.05) is 19.1 Å². The van der Waals surface area contributed by atoms with Crippen LogP contribution in [0.1, 0.15) is 33.4 Å². The van der Waals surface area contributed by atoms with Crippen molar-refractivity contribution in [1.29, 1.82) is 0 Å². The zero-order valence-corrected chi connectivity index (χ0v) is 21.5. The van der Waals surface area contributed by atoms with Crippen LogP contribution in [0.15, 0.2) is 29.8 Å². The van der Waals surface area contributed by atoms with Crippen molar-refractivity contribution in [2.75, 3.05) is 18.6 Å². The third kappa shape index (κ3) is 5.79. The Morgan fingerprint density at radius 2 is 1.89 bits per heavy atom. The number of thiazole rings is 1. The van der Waals surface area contributed by atoms with Gasteiger partial charge in [0.2, 0.25) is 11.8 Å². The SMILES string of the molecule is CC(=O)NC(C(=O)N1C[C@H](O)[C@H](F)[C@H]1C(=O)NN(C)c1ccc(-c2scnc2C)cc1)C(C)(C)C. The van der Waals surface area contributed by atoms with Crippen molar-refractivity contribution < 1.29 is 23.9 Å². The molecule has 3 rings (SSSR count). The number of aromatic nitrogens is 1. The van der Waals surface area contributed by atoms with Gasteiger partial charge >= 0.3 is 0 Å². The molecule has 0 saturated carbocycles. The number of hydrazine groups is 1. The van der Waals surface area contributed by atoms with Crippen LogP contribution in [-0.2, 0) is 14.4 Å². The van der Waals surface area contributed by atoms with Crippen molar-refractivity contribution in [3.63, 3.8) is 0 Å². The Labute approximate surface area is 208 Å². The van der Waals surface area contributed by atoms with E-state index in [1.165, 1.54) is 23.3 Å². The number of hydrogen-bond acceptors (Lipinski definition) is 7. The average molecular weight is 506 g/mol. The van der Waals surface area contributed by atoms with E-state index in [1.54, 1.807) is 45.5 Å². The van der Waals surface area contributed by atoms with Gasteiger partial charge in [0.25, 0.3) is 5.91 Å². The van der Waals surface area contributed by atoms with Crippen LogP contribution in [-0.4, -0.2) is 70.7 Å². The van der Waals surface area contributed by atoms with E-state index in [2.05, 4.69) is 15.7 Å². The molecule has 1 fully saturated rings. The second-order valence-corrected chi connectivity index (χ2v) is 10.7. The van der Waals surface area contributed by atoms with E-state index < -0.39 is 47.5 Å². The maximum absolute atomic E-state index is 15.0. The summed E-state index contributed by atoms with van der Waals surface area (Å²) in [6, 6.07) is 4.87. The number of carbonyl (C=O) groups excluding carboxylic acids is 3. The molecule has 0 radical (unpaired) electrons. The van der Waals surface area contributed by atoms with E-state index in [-0.39, 0.29) is 6.54 Å². The Morgan fingerprint density at radius 3 is 2.40 bits per heavy atom. The Balaban J connectivity index is 1.77. The molecule has 1 aliphatic heterocycles. The van der Waals surface area contributed by atoms with Crippen molar-refractivity contribution >= 4 is 34.7 Å². The summed E-state index contributed by atoms with van der Waals surface area (Å²) in [6.07, 6.45) is -3.48. The van der Waals surface area contributed by atoms with Gasteiger partial charge in [-0.2, -0.15) is 0 Å². The topological polar surface area (TPSA) is 115 Å². The van der Waals surface area contributed by atoms with E-state index in [0.717, 1.165) is 21.0 Å². The second-order valence-electron chi connectivity index (χ2n) is 9.80. The van der Waals surface area contributed by atoms with Crippen LogP contribution in [0.2, 0.25) is 0 Å². The normalized spacial score (nSPS) is 20.9. The van der Waals surface area contributed by atoms with Gasteiger partial charge in [-0.1, -0.05) is 32.9 Å². The number of aliphatic hydroxyl groups is 1. The number of hydrogen-bond donors (Lipinski definition) is 3. The molecule has 3 amide bonds. The summed E-state index contributed by atoms with van der Waals surface area (Å²) < 4.78 is 15.0. The van der Waals surface area contributed by atoms with Gasteiger partial charge in [-0.3, -0.25) is 24.8 Å². The lowest BCUT2D eigenvalue weighted by atomic mass is 9.85. The summed E-state index contributed by atoms with van der Waals surface area (Å²) in [7, 11) is 1.60. The fourth-order valence-corrected chi connectivity index (χ4v) is 4.85. The van der Waals surface area contributed by atoms with Crippen molar-refractivity contribution in [3.8, 4) is 10.4 Å². The molecule has 11 heteroatoms. The number of nitrogens with zero attached hydrogens (tertiary/aromatic N) is 3. The van der Waals surface area contributed by atoms with Gasteiger partial charge in [0.1, 0.15) is 18.2 Å². The minimum atomic E-state index is -1.97. The number of amides is 3. The lowest BCUT2D eigenvalue weighted by Crippen LogP contribution is -2.59. The fraction of sp³-hybridized carbons (Fsp3) is 0.500. The number of β-amino-alcohol motifs (C(OH)–C–C–N with tert-alkyl or cyclic N) is 1. The average Bonchev–Trinajstić information content (AvgIpc) is 3.33. The predicted molar refractivity (Wildman–Crippen MR) is 132 cm³/mol. The summed E-state index contributed by atoms with van der Waals surface area (Å²) in [6.45, 7) is 8.13. The van der Waals surface area contributed by atoms with Gasteiger partial charge in [-0.25, -0.2) is 9.37 Å². The first-order valence-electron chi connectivity index (χ1n) is 11.3. The number of nitrogens with one attached hydrogen (secondary N) is 2. The second kappa shape index (κ2) is 10.3. The lowest BCUT2D eigenvalue weighted by Gasteiger charge is -2.35. The van der Waals surface area contributed by atoms with Gasteiger partial charge in [0.05, 0.1) is 28.3 Å². The number of benzene rings is 1. The fourth-order valence-electron chi connectivity index (χ4n) is 4.04. The molecule has 1 aromatic carbocycles. The van der Waals surface area contributed by atoms with Crippen molar-refractivity contribution in [1.82, 2.24) is 20.6 Å². The number of alkyl halides is 1. The molecule has 1 aliphatic rings. The molecule has 2 aromatic rings. The molecule has 1 aromatic heterocycles. The molecule has 35 heavy (non-hydrogen) atoms. The molecular weight excluding hydrogens is 473 g/mol. The number of carbonyl (C=O) groups is 3. The number of likely N-dealkylation sites (tertiary alicyclic amines) is 1. The highest BCUT2D eigenvalue weighted by molar-refractivity contribution is 7.13. The van der Waals surface area contributed by atoms with Gasteiger partial charge in [-0.05, 0) is 30.0 Å². The smallest absolute Gasteiger partial charge is 0.264 e. The van der Waals surface area contributed by atoms with Crippen molar-refractivity contribution in [2.24, 2.45) is 5.41 Å². The first kappa shape index (κ1) is 26.6. The number of anilines is 1. The van der Waals surface area contributed by atoms with E-state index in [9.17, 15) is 23.9 Å². The Morgan fingerprint density at radius 1 is 1.26 bits per heavy atom. The summed E-state index contributed by atoms with van der Waals surface area (Å²) in [5, 5.41) is 14.2. The molecule has 9 nitrogen and oxygen atoms in total. The Hall–Kier alpha value is -3.05. The molecule has 2 heterocycles. The highest BCUT2D eigenvalue weighted by Gasteiger charge is 2.50. The van der Waals surface area contributed by atoms with Crippen LogP contribution in [0.5, 0.6) is 0 Å². The van der Waals surface area contributed by atoms with Crippen LogP contribution < -0.4 is 15.8 Å². The maximum Gasteiger partial charge on any atom is 0.264 e. The predicted octanol–water partition coefficient (Wildman–Crippen LogP) is 2.05. The quantitative estimate of drug-likeness (QED) is 0.518. The molecule has 3 N–H and O–H groups in total. The summed E-state index contributed by atoms with van der Waals surface area (Å²) >= 11 is 1.53. The molecule has 1 unspecified atom stereocenters. The molecule has 0 bridgehead atoms. The van der Waals surface area contributed by atoms with Crippen molar-refractivity contribution in [2.45, 2.75) is 59.0 Å². The van der Waals surface area contributed by atoms with Crippen LogP contribution in [0.4, 0.5) is 10.1 Å². The van der Waals surface area contributed by atoms with E-state index in [0.29, 0.717) is 5.69 Å². The standard InChI is InChI=1S/C24H32FN5O4S/c1-13-20(35-12-26-13)15-7-9-16(10-8-15)29(6)28-22(33)19-18(25)17(32)11-30(19)23(34)21(24(3,4)5)27-14(2)31/h7-10,12,17-19,21,32H,11H2,1-6H3,(H,27,31)(H,28,33)/t17-,18-,19-,21?/m0/s1. The van der Waals surface area contributed by atoms with Crippen molar-refractivity contribution in [3.05, 3.63) is 35.5 Å². The first-order valence-corrected chi connectivity index (χ1v) is 12.1. The molecule has 1 saturated heterocycles. The number of rotatable bonds is 6. The third-order valence-corrected chi connectivity index (χ3v) is 6.92. The van der Waals surface area contributed by atoms with E-state index >= 15 is 0 Å². The molecule has 0 spiro atoms. The molecule has 4 atom stereocenters. The van der Waals surface area contributed by atoms with Gasteiger partial charge in [0, 0.05) is 14.0 Å². The van der Waals surface area contributed by atoms with Crippen LogP contribution in [0.3, 0.4) is 0 Å². The highest BCUT2D eigenvalue weighted by Crippen LogP contribution is 2.30. The maximum atomic E-state index is 15.0. The lowest BCUT2D eigenvalue weighted by molar-refractivity contribution is -0.144. The Kier molecular flexibility index (Phi) is 7.80. The van der Waals surface area contributed by atoms with Gasteiger partial charge in [0.15, 0.2) is 6.17 Å².